The van der Waals surface area contributed by atoms with Crippen LogP contribution in [0, 0.1) is 5.41 Å². The zero-order valence-corrected chi connectivity index (χ0v) is 18.0. The van der Waals surface area contributed by atoms with Crippen molar-refractivity contribution in [1.82, 2.24) is 4.90 Å². The number of anilines is 1. The first-order chi connectivity index (χ1) is 15.4. The van der Waals surface area contributed by atoms with Crippen LogP contribution in [0.1, 0.15) is 31.2 Å². The molecule has 5 bridgehead atoms. The van der Waals surface area contributed by atoms with E-state index < -0.39 is 52.5 Å². The molecule has 1 amide bonds. The molecule has 3 aliphatic carbocycles. The van der Waals surface area contributed by atoms with Gasteiger partial charge in [0.15, 0.2) is 0 Å². The van der Waals surface area contributed by atoms with Crippen LogP contribution < -0.4 is 4.90 Å². The lowest BCUT2D eigenvalue weighted by Gasteiger charge is -2.78. The smallest absolute Gasteiger partial charge is 0.414 e. The summed E-state index contributed by atoms with van der Waals surface area (Å²) in [5, 5.41) is 24.0. The molecular formula is C23H26N2O7. The zero-order chi connectivity index (χ0) is 22.3. The summed E-state index contributed by atoms with van der Waals surface area (Å²) < 4.78 is 16.8. The van der Waals surface area contributed by atoms with Crippen molar-refractivity contribution < 1.29 is 34.0 Å². The highest BCUT2D eigenvalue weighted by Crippen LogP contribution is 2.79. The van der Waals surface area contributed by atoms with Crippen LogP contribution in [-0.2, 0) is 24.4 Å². The van der Waals surface area contributed by atoms with Crippen LogP contribution >= 0.6 is 0 Å². The maximum absolute atomic E-state index is 13.5. The number of aliphatic hydroxyl groups is 2. The molecule has 170 valence electrons. The molecule has 9 nitrogen and oxygen atoms in total. The number of ether oxygens (including phenoxy) is 3. The first-order valence-corrected chi connectivity index (χ1v) is 11.2. The number of para-hydroxylation sites is 1. The second-order valence-corrected chi connectivity index (χ2v) is 10.1. The van der Waals surface area contributed by atoms with E-state index in [0.29, 0.717) is 37.9 Å². The number of hydrogen-bond donors (Lipinski definition) is 2. The Morgan fingerprint density at radius 2 is 1.94 bits per heavy atom. The van der Waals surface area contributed by atoms with Gasteiger partial charge in [0.2, 0.25) is 5.60 Å². The lowest BCUT2D eigenvalue weighted by atomic mass is 9.35. The normalized spacial score (nSPS) is 49.1. The molecule has 9 heteroatoms. The molecule has 1 aromatic rings. The minimum atomic E-state index is -2.17. The molecule has 8 atom stereocenters. The van der Waals surface area contributed by atoms with Crippen LogP contribution in [-0.4, -0.2) is 83.6 Å². The second-order valence-electron chi connectivity index (χ2n) is 10.1. The summed E-state index contributed by atoms with van der Waals surface area (Å²) in [5.74, 6) is -0.834. The molecular weight excluding hydrogens is 416 g/mol. The van der Waals surface area contributed by atoms with E-state index in [1.807, 2.05) is 24.3 Å². The average Bonchev–Trinajstić information content (AvgIpc) is 3.36. The van der Waals surface area contributed by atoms with E-state index in [1.54, 1.807) is 0 Å². The Kier molecular flexibility index (Phi) is 3.30. The molecule has 32 heavy (non-hydrogen) atoms. The van der Waals surface area contributed by atoms with E-state index in [9.17, 15) is 19.8 Å². The minimum absolute atomic E-state index is 0.169. The number of piperidine rings is 1. The Balaban J connectivity index is 1.64. The standard InChI is InChI=1S/C23H26N2O7/c1-30-18(27)23(29)17-20-7-8-22(23)21(9-10-24(16(20)21)15(32-17)11-14(20)26)12-5-3-4-6-13(12)25(22)19(28)31-2/h3-6,14-17,26,29H,7-11H2,1-2H3. The predicted octanol–water partition coefficient (Wildman–Crippen LogP) is 0.511. The third-order valence-electron chi connectivity index (χ3n) is 9.80. The fourth-order valence-corrected chi connectivity index (χ4v) is 9.13. The number of aliphatic hydroxyl groups excluding tert-OH is 1. The van der Waals surface area contributed by atoms with E-state index in [0.717, 1.165) is 5.56 Å². The molecule has 0 aromatic heterocycles. The van der Waals surface area contributed by atoms with Crippen molar-refractivity contribution in [2.45, 2.75) is 66.7 Å². The number of esters is 1. The van der Waals surface area contributed by atoms with Crippen LogP contribution in [0.25, 0.3) is 0 Å². The third kappa shape index (κ3) is 1.49. The quantitative estimate of drug-likeness (QED) is 0.606. The van der Waals surface area contributed by atoms with Gasteiger partial charge in [0, 0.05) is 29.8 Å². The van der Waals surface area contributed by atoms with E-state index in [2.05, 4.69) is 4.90 Å². The molecule has 2 N–H and O–H groups in total. The molecule has 8 unspecified atom stereocenters. The van der Waals surface area contributed by atoms with Gasteiger partial charge in [-0.25, -0.2) is 9.59 Å². The van der Waals surface area contributed by atoms with Crippen LogP contribution in [0.4, 0.5) is 10.5 Å². The Bertz CT molecular complexity index is 1080. The summed E-state index contributed by atoms with van der Waals surface area (Å²) in [6, 6.07) is 7.43. The summed E-state index contributed by atoms with van der Waals surface area (Å²) in [6.07, 6.45) is -0.818. The molecule has 3 spiro atoms. The number of amides is 1. The van der Waals surface area contributed by atoms with Gasteiger partial charge in [-0.3, -0.25) is 9.80 Å². The lowest BCUT2D eigenvalue weighted by Crippen LogP contribution is -2.95. The van der Waals surface area contributed by atoms with Crippen molar-refractivity contribution in [1.29, 1.82) is 0 Å². The Hall–Kier alpha value is -2.20. The number of rotatable bonds is 1. The van der Waals surface area contributed by atoms with E-state index in [1.165, 1.54) is 19.1 Å². The van der Waals surface area contributed by atoms with Gasteiger partial charge in [0.05, 0.1) is 26.0 Å². The molecule has 8 aliphatic rings. The molecule has 5 aliphatic heterocycles. The van der Waals surface area contributed by atoms with Crippen LogP contribution in [0.3, 0.4) is 0 Å². The molecule has 9 rings (SSSR count). The highest BCUT2D eigenvalue weighted by molar-refractivity contribution is 5.99. The minimum Gasteiger partial charge on any atom is -0.467 e. The summed E-state index contributed by atoms with van der Waals surface area (Å²) in [5.41, 5.74) is -3.57. The van der Waals surface area contributed by atoms with E-state index in [-0.39, 0.29) is 6.04 Å². The number of methoxy groups -OCH3 is 2. The molecule has 7 fully saturated rings. The zero-order valence-electron chi connectivity index (χ0n) is 18.0. The SMILES string of the molecule is COC(=O)N1c2ccccc2C23CCN4C5CC(O)C6(CCC12C(O)(C(=O)OC)C6O5)C43. The summed E-state index contributed by atoms with van der Waals surface area (Å²) in [4.78, 5) is 30.7. The highest BCUT2D eigenvalue weighted by atomic mass is 16.6. The number of fused-ring (bicyclic) bond motifs is 3. The molecule has 3 saturated carbocycles. The van der Waals surface area contributed by atoms with Crippen LogP contribution in [0.15, 0.2) is 24.3 Å². The molecule has 4 saturated heterocycles. The topological polar surface area (TPSA) is 109 Å². The number of nitrogens with zero attached hydrogens (tertiary/aromatic N) is 2. The van der Waals surface area contributed by atoms with Crippen molar-refractivity contribution in [2.24, 2.45) is 5.41 Å². The first kappa shape index (κ1) is 19.3. The van der Waals surface area contributed by atoms with Crippen molar-refractivity contribution in [3.63, 3.8) is 0 Å². The second kappa shape index (κ2) is 5.47. The fourth-order valence-electron chi connectivity index (χ4n) is 9.13. The largest absolute Gasteiger partial charge is 0.467 e. The van der Waals surface area contributed by atoms with Gasteiger partial charge >= 0.3 is 12.1 Å². The van der Waals surface area contributed by atoms with Gasteiger partial charge in [-0.05, 0) is 30.9 Å². The van der Waals surface area contributed by atoms with E-state index >= 15 is 0 Å². The number of carbonyl (C=O) groups excluding carboxylic acids is 2. The van der Waals surface area contributed by atoms with Crippen molar-refractivity contribution in [3.8, 4) is 0 Å². The fraction of sp³-hybridized carbons (Fsp3) is 0.652. The maximum atomic E-state index is 13.5. The van der Waals surface area contributed by atoms with Gasteiger partial charge in [-0.15, -0.1) is 0 Å². The highest BCUT2D eigenvalue weighted by Gasteiger charge is 2.93. The number of hydrogen-bond acceptors (Lipinski definition) is 8. The Labute approximate surface area is 184 Å². The van der Waals surface area contributed by atoms with E-state index in [4.69, 9.17) is 14.2 Å². The number of carbonyl (C=O) groups is 2. The van der Waals surface area contributed by atoms with Gasteiger partial charge in [-0.1, -0.05) is 18.2 Å². The van der Waals surface area contributed by atoms with Gasteiger partial charge in [0.25, 0.3) is 0 Å². The van der Waals surface area contributed by atoms with Gasteiger partial charge in [-0.2, -0.15) is 0 Å². The van der Waals surface area contributed by atoms with Crippen molar-refractivity contribution in [2.75, 3.05) is 25.7 Å². The summed E-state index contributed by atoms with van der Waals surface area (Å²) in [7, 11) is 2.55. The number of benzene rings is 1. The third-order valence-corrected chi connectivity index (χ3v) is 9.80. The average molecular weight is 442 g/mol. The Morgan fingerprint density at radius 3 is 2.69 bits per heavy atom. The monoisotopic (exact) mass is 442 g/mol. The molecule has 0 radical (unpaired) electrons. The van der Waals surface area contributed by atoms with Crippen molar-refractivity contribution in [3.05, 3.63) is 29.8 Å². The predicted molar refractivity (Wildman–Crippen MR) is 109 cm³/mol. The van der Waals surface area contributed by atoms with Gasteiger partial charge < -0.3 is 24.4 Å². The molecule has 1 aromatic carbocycles. The first-order valence-electron chi connectivity index (χ1n) is 11.2. The van der Waals surface area contributed by atoms with Crippen LogP contribution in [0.2, 0.25) is 0 Å². The van der Waals surface area contributed by atoms with Crippen molar-refractivity contribution >= 4 is 17.7 Å². The Morgan fingerprint density at radius 1 is 1.16 bits per heavy atom. The summed E-state index contributed by atoms with van der Waals surface area (Å²) in [6.45, 7) is 0.693. The summed E-state index contributed by atoms with van der Waals surface area (Å²) >= 11 is 0. The lowest BCUT2D eigenvalue weighted by molar-refractivity contribution is -0.389. The van der Waals surface area contributed by atoms with Gasteiger partial charge in [0.1, 0.15) is 17.9 Å². The molecule has 5 heterocycles. The maximum Gasteiger partial charge on any atom is 0.414 e. The van der Waals surface area contributed by atoms with Crippen LogP contribution in [0.5, 0.6) is 0 Å².